The van der Waals surface area contributed by atoms with Crippen molar-refractivity contribution in [1.82, 2.24) is 0 Å². The average molecular weight is 219 g/mol. The number of ether oxygens (including phenoxy) is 1. The molecule has 1 rings (SSSR count). The van der Waals surface area contributed by atoms with Crippen LogP contribution in [0.15, 0.2) is 12.1 Å². The summed E-state index contributed by atoms with van der Waals surface area (Å²) in [6.07, 6.45) is 0. The fourth-order valence-corrected chi connectivity index (χ4v) is 1.32. The van der Waals surface area contributed by atoms with Crippen LogP contribution in [0.4, 0.5) is 0 Å². The van der Waals surface area contributed by atoms with Gasteiger partial charge in [-0.15, -0.1) is 0 Å². The van der Waals surface area contributed by atoms with E-state index in [2.05, 4.69) is 0 Å². The van der Waals surface area contributed by atoms with Crippen LogP contribution in [-0.2, 0) is 4.79 Å². The lowest BCUT2D eigenvalue weighted by Gasteiger charge is -2.07. The van der Waals surface area contributed by atoms with E-state index in [1.807, 2.05) is 6.92 Å². The van der Waals surface area contributed by atoms with Crippen LogP contribution in [0.3, 0.4) is 0 Å². The molecule has 4 heteroatoms. The Balaban J connectivity index is 3.17. The number of carbonyl (C=O) groups is 1. The van der Waals surface area contributed by atoms with Gasteiger partial charge >= 0.3 is 5.97 Å². The summed E-state index contributed by atoms with van der Waals surface area (Å²) >= 11 is 11.7. The zero-order valence-corrected chi connectivity index (χ0v) is 8.74. The van der Waals surface area contributed by atoms with Gasteiger partial charge in [0.05, 0.1) is 10.0 Å². The Morgan fingerprint density at radius 3 is 2.54 bits per heavy atom. The minimum absolute atomic E-state index is 0.232. The highest BCUT2D eigenvalue weighted by Crippen LogP contribution is 2.35. The predicted molar refractivity (Wildman–Crippen MR) is 52.5 cm³/mol. The molecule has 0 heterocycles. The molecule has 0 fully saturated rings. The maximum Gasteiger partial charge on any atom is 0.308 e. The van der Waals surface area contributed by atoms with Gasteiger partial charge in [0.2, 0.25) is 0 Å². The Bertz CT molecular complexity index is 348. The first-order valence-electron chi connectivity index (χ1n) is 3.65. The number of aryl methyl sites for hydroxylation is 1. The molecule has 0 aliphatic heterocycles. The van der Waals surface area contributed by atoms with E-state index in [0.717, 1.165) is 5.56 Å². The molecule has 0 aliphatic carbocycles. The lowest BCUT2D eigenvalue weighted by atomic mass is 10.2. The summed E-state index contributed by atoms with van der Waals surface area (Å²) in [5.74, 6) is -0.203. The molecule has 2 nitrogen and oxygen atoms in total. The van der Waals surface area contributed by atoms with Crippen molar-refractivity contribution >= 4 is 29.2 Å². The Kier molecular flexibility index (Phi) is 3.17. The summed E-state index contributed by atoms with van der Waals surface area (Å²) < 4.78 is 4.85. The van der Waals surface area contributed by atoms with Crippen molar-refractivity contribution in [2.75, 3.05) is 0 Å². The maximum absolute atomic E-state index is 10.7. The van der Waals surface area contributed by atoms with Crippen LogP contribution in [0.25, 0.3) is 0 Å². The number of halogens is 2. The second-order valence-electron chi connectivity index (χ2n) is 2.60. The van der Waals surface area contributed by atoms with Gasteiger partial charge in [-0.3, -0.25) is 4.79 Å². The van der Waals surface area contributed by atoms with Crippen LogP contribution in [0.2, 0.25) is 10.0 Å². The molecule has 0 N–H and O–H groups in total. The van der Waals surface area contributed by atoms with Crippen LogP contribution >= 0.6 is 23.2 Å². The lowest BCUT2D eigenvalue weighted by molar-refractivity contribution is -0.131. The highest BCUT2D eigenvalue weighted by Gasteiger charge is 2.11. The first-order valence-corrected chi connectivity index (χ1v) is 4.41. The normalized spacial score (nSPS) is 9.85. The number of esters is 1. The molecule has 0 unspecified atom stereocenters. The monoisotopic (exact) mass is 218 g/mol. The summed E-state index contributed by atoms with van der Waals surface area (Å²) in [4.78, 5) is 10.7. The molecule has 1 aromatic carbocycles. The average Bonchev–Trinajstić information content (AvgIpc) is 2.05. The van der Waals surface area contributed by atoms with Gasteiger partial charge in [0.15, 0.2) is 5.75 Å². The molecule has 0 atom stereocenters. The van der Waals surface area contributed by atoms with Gasteiger partial charge in [-0.1, -0.05) is 29.3 Å². The fraction of sp³-hybridized carbons (Fsp3) is 0.222. The summed E-state index contributed by atoms with van der Waals surface area (Å²) in [5.41, 5.74) is 0.822. The van der Waals surface area contributed by atoms with Crippen molar-refractivity contribution in [1.29, 1.82) is 0 Å². The van der Waals surface area contributed by atoms with Gasteiger partial charge in [0.25, 0.3) is 0 Å². The minimum Gasteiger partial charge on any atom is -0.424 e. The predicted octanol–water partition coefficient (Wildman–Crippen LogP) is 3.23. The van der Waals surface area contributed by atoms with E-state index in [0.29, 0.717) is 10.0 Å². The largest absolute Gasteiger partial charge is 0.424 e. The zero-order chi connectivity index (χ0) is 10.0. The fourth-order valence-electron chi connectivity index (χ4n) is 0.868. The van der Waals surface area contributed by atoms with Gasteiger partial charge in [-0.2, -0.15) is 0 Å². The summed E-state index contributed by atoms with van der Waals surface area (Å²) in [6.45, 7) is 3.11. The molecule has 70 valence electrons. The molecule has 0 spiro atoms. The van der Waals surface area contributed by atoms with Crippen molar-refractivity contribution in [2.45, 2.75) is 13.8 Å². The second kappa shape index (κ2) is 3.99. The highest BCUT2D eigenvalue weighted by atomic mass is 35.5. The van der Waals surface area contributed by atoms with E-state index in [4.69, 9.17) is 27.9 Å². The van der Waals surface area contributed by atoms with Gasteiger partial charge < -0.3 is 4.74 Å². The van der Waals surface area contributed by atoms with E-state index in [-0.39, 0.29) is 5.75 Å². The summed E-state index contributed by atoms with van der Waals surface area (Å²) in [5, 5.41) is 0.716. The Morgan fingerprint density at radius 1 is 1.38 bits per heavy atom. The molecule has 0 saturated carbocycles. The Hall–Kier alpha value is -0.730. The lowest BCUT2D eigenvalue weighted by Crippen LogP contribution is -2.02. The first kappa shape index (κ1) is 10.4. The molecule has 0 bridgehead atoms. The SMILES string of the molecule is CC(=O)Oc1c(Cl)ccc(C)c1Cl. The third kappa shape index (κ3) is 2.36. The molecule has 0 saturated heterocycles. The molecule has 1 aromatic rings. The van der Waals surface area contributed by atoms with E-state index in [1.54, 1.807) is 12.1 Å². The molecule has 13 heavy (non-hydrogen) atoms. The molecule has 0 amide bonds. The van der Waals surface area contributed by atoms with Crippen LogP contribution in [0, 0.1) is 6.92 Å². The van der Waals surface area contributed by atoms with Crippen molar-refractivity contribution in [3.8, 4) is 5.75 Å². The second-order valence-corrected chi connectivity index (χ2v) is 3.39. The van der Waals surface area contributed by atoms with Crippen molar-refractivity contribution in [3.05, 3.63) is 27.7 Å². The standard InChI is InChI=1S/C9H8Cl2O2/c1-5-3-4-7(10)9(8(5)11)13-6(2)12/h3-4H,1-2H3. The van der Waals surface area contributed by atoms with E-state index in [9.17, 15) is 4.79 Å². The third-order valence-electron chi connectivity index (χ3n) is 1.49. The zero-order valence-electron chi connectivity index (χ0n) is 7.23. The van der Waals surface area contributed by atoms with E-state index in [1.165, 1.54) is 6.92 Å². The summed E-state index contributed by atoms with van der Waals surface area (Å²) in [6, 6.07) is 3.40. The molecular weight excluding hydrogens is 211 g/mol. The van der Waals surface area contributed by atoms with Crippen LogP contribution < -0.4 is 4.74 Å². The van der Waals surface area contributed by atoms with Crippen LogP contribution in [0.1, 0.15) is 12.5 Å². The number of benzene rings is 1. The van der Waals surface area contributed by atoms with E-state index >= 15 is 0 Å². The number of carbonyl (C=O) groups excluding carboxylic acids is 1. The number of hydrogen-bond donors (Lipinski definition) is 0. The first-order chi connectivity index (χ1) is 6.02. The van der Waals surface area contributed by atoms with Crippen molar-refractivity contribution < 1.29 is 9.53 Å². The molecule has 0 aliphatic rings. The molecule has 0 aromatic heterocycles. The van der Waals surface area contributed by atoms with Gasteiger partial charge in [-0.25, -0.2) is 0 Å². The van der Waals surface area contributed by atoms with E-state index < -0.39 is 5.97 Å². The Morgan fingerprint density at radius 2 is 2.00 bits per heavy atom. The summed E-state index contributed by atoms with van der Waals surface area (Å²) in [7, 11) is 0. The quantitative estimate of drug-likeness (QED) is 0.535. The van der Waals surface area contributed by atoms with Gasteiger partial charge in [-0.05, 0) is 18.6 Å². The maximum atomic E-state index is 10.7. The number of hydrogen-bond acceptors (Lipinski definition) is 2. The van der Waals surface area contributed by atoms with Crippen molar-refractivity contribution in [2.24, 2.45) is 0 Å². The van der Waals surface area contributed by atoms with Gasteiger partial charge in [0.1, 0.15) is 0 Å². The smallest absolute Gasteiger partial charge is 0.308 e. The molecular formula is C9H8Cl2O2. The van der Waals surface area contributed by atoms with Crippen LogP contribution in [-0.4, -0.2) is 5.97 Å². The topological polar surface area (TPSA) is 26.3 Å². The van der Waals surface area contributed by atoms with Crippen LogP contribution in [0.5, 0.6) is 5.75 Å². The molecule has 0 radical (unpaired) electrons. The third-order valence-corrected chi connectivity index (χ3v) is 2.26. The number of rotatable bonds is 1. The van der Waals surface area contributed by atoms with Gasteiger partial charge in [0, 0.05) is 6.92 Å². The minimum atomic E-state index is -0.436. The Labute approximate surface area is 86.4 Å². The highest BCUT2D eigenvalue weighted by molar-refractivity contribution is 6.37. The van der Waals surface area contributed by atoms with Crippen molar-refractivity contribution in [3.63, 3.8) is 0 Å².